The Balaban J connectivity index is 1.41. The fraction of sp³-hybridized carbons (Fsp3) is 0.240. The molecule has 5 heteroatoms. The minimum Gasteiger partial charge on any atom is -0.371 e. The average Bonchev–Trinajstić information content (AvgIpc) is 3.18. The van der Waals surface area contributed by atoms with Gasteiger partial charge in [0.25, 0.3) is 0 Å². The van der Waals surface area contributed by atoms with Gasteiger partial charge in [0.2, 0.25) is 0 Å². The number of anilines is 1. The zero-order valence-corrected chi connectivity index (χ0v) is 17.2. The summed E-state index contributed by atoms with van der Waals surface area (Å²) in [6.07, 6.45) is 11.7. The summed E-state index contributed by atoms with van der Waals surface area (Å²) >= 11 is 0. The van der Waals surface area contributed by atoms with Crippen LogP contribution >= 0.6 is 0 Å². The van der Waals surface area contributed by atoms with E-state index < -0.39 is 0 Å². The molecule has 0 saturated carbocycles. The van der Waals surface area contributed by atoms with Crippen molar-refractivity contribution in [3.8, 4) is 5.69 Å². The normalized spacial score (nSPS) is 14.6. The third kappa shape index (κ3) is 3.71. The lowest BCUT2D eigenvalue weighted by atomic mass is 10.1. The van der Waals surface area contributed by atoms with Gasteiger partial charge >= 0.3 is 0 Å². The molecular formula is C25H25N5. The summed E-state index contributed by atoms with van der Waals surface area (Å²) in [5.41, 5.74) is 7.20. The smallest absolute Gasteiger partial charge is 0.0914 e. The van der Waals surface area contributed by atoms with E-state index in [4.69, 9.17) is 4.98 Å². The van der Waals surface area contributed by atoms with Crippen LogP contribution in [0.4, 0.5) is 5.69 Å². The molecule has 0 aliphatic carbocycles. The summed E-state index contributed by atoms with van der Waals surface area (Å²) in [5.74, 6) is 0. The van der Waals surface area contributed by atoms with Crippen molar-refractivity contribution in [2.24, 2.45) is 0 Å². The van der Waals surface area contributed by atoms with Crippen LogP contribution in [0.3, 0.4) is 0 Å². The number of piperidine rings is 1. The molecule has 5 rings (SSSR count). The van der Waals surface area contributed by atoms with E-state index >= 15 is 0 Å². The molecule has 2 aromatic heterocycles. The number of hydrogen-bond acceptors (Lipinski definition) is 4. The third-order valence-corrected chi connectivity index (χ3v) is 5.75. The zero-order valence-electron chi connectivity index (χ0n) is 17.2. The largest absolute Gasteiger partial charge is 0.371 e. The van der Waals surface area contributed by atoms with E-state index in [1.54, 1.807) is 0 Å². The van der Waals surface area contributed by atoms with Crippen molar-refractivity contribution in [3.63, 3.8) is 0 Å². The summed E-state index contributed by atoms with van der Waals surface area (Å²) in [7, 11) is 0. The monoisotopic (exact) mass is 395 g/mol. The number of nitrogens with zero attached hydrogens (tertiary/aromatic N) is 5. The lowest BCUT2D eigenvalue weighted by Crippen LogP contribution is -2.29. The van der Waals surface area contributed by atoms with Crippen LogP contribution in [0.25, 0.3) is 28.9 Å². The van der Waals surface area contributed by atoms with Gasteiger partial charge in [-0.15, -0.1) is 0 Å². The summed E-state index contributed by atoms with van der Waals surface area (Å²) < 4.78 is 1.95. The van der Waals surface area contributed by atoms with Gasteiger partial charge in [-0.05, 0) is 68.7 Å². The number of para-hydroxylation sites is 1. The molecule has 1 fully saturated rings. The predicted octanol–water partition coefficient (Wildman–Crippen LogP) is 5.28. The number of benzene rings is 2. The molecule has 1 aliphatic rings. The second kappa shape index (κ2) is 8.11. The first kappa shape index (κ1) is 18.6. The van der Waals surface area contributed by atoms with Crippen LogP contribution in [0.15, 0.2) is 60.9 Å². The lowest BCUT2D eigenvalue weighted by molar-refractivity contribution is 0.578. The van der Waals surface area contributed by atoms with Crippen molar-refractivity contribution in [2.45, 2.75) is 26.2 Å². The Bertz CT molecular complexity index is 1190. The Labute approximate surface area is 176 Å². The number of aromatic nitrogens is 4. The molecular weight excluding hydrogens is 370 g/mol. The molecule has 3 heterocycles. The molecule has 0 radical (unpaired) electrons. The van der Waals surface area contributed by atoms with Crippen molar-refractivity contribution >= 4 is 28.9 Å². The van der Waals surface area contributed by atoms with Crippen molar-refractivity contribution in [1.29, 1.82) is 0 Å². The highest BCUT2D eigenvalue weighted by Crippen LogP contribution is 2.24. The average molecular weight is 396 g/mol. The molecule has 150 valence electrons. The Morgan fingerprint density at radius 2 is 1.67 bits per heavy atom. The molecule has 0 bridgehead atoms. The number of fused-ring (bicyclic) bond motifs is 1. The van der Waals surface area contributed by atoms with Crippen LogP contribution in [-0.4, -0.2) is 32.8 Å². The highest BCUT2D eigenvalue weighted by Gasteiger charge is 2.12. The van der Waals surface area contributed by atoms with E-state index in [0.29, 0.717) is 0 Å². The molecule has 5 nitrogen and oxygen atoms in total. The highest BCUT2D eigenvalue weighted by molar-refractivity contribution is 5.80. The van der Waals surface area contributed by atoms with E-state index in [0.717, 1.165) is 46.8 Å². The van der Waals surface area contributed by atoms with Gasteiger partial charge in [0.05, 0.1) is 34.8 Å². The molecule has 1 saturated heterocycles. The standard InChI is InChI=1S/C25H25N5/c1-19-20(17-27-30(19)22-8-4-2-5-9-22)10-11-21-18-26-24-13-12-23(16-25(24)28-21)29-14-6-3-7-15-29/h2,4-5,8-13,16-18H,3,6-7,14-15H2,1H3. The molecule has 0 spiro atoms. The second-order valence-electron chi connectivity index (χ2n) is 7.78. The quantitative estimate of drug-likeness (QED) is 0.471. The summed E-state index contributed by atoms with van der Waals surface area (Å²) in [4.78, 5) is 11.9. The van der Waals surface area contributed by atoms with Gasteiger partial charge < -0.3 is 4.90 Å². The molecule has 0 atom stereocenters. The Kier molecular flexibility index (Phi) is 5.01. The van der Waals surface area contributed by atoms with Gasteiger partial charge in [-0.2, -0.15) is 5.10 Å². The maximum absolute atomic E-state index is 4.84. The van der Waals surface area contributed by atoms with E-state index in [1.807, 2.05) is 41.4 Å². The zero-order chi connectivity index (χ0) is 20.3. The van der Waals surface area contributed by atoms with Crippen molar-refractivity contribution in [3.05, 3.63) is 77.9 Å². The van der Waals surface area contributed by atoms with Gasteiger partial charge in [-0.1, -0.05) is 18.2 Å². The summed E-state index contributed by atoms with van der Waals surface area (Å²) in [6.45, 7) is 4.34. The molecule has 30 heavy (non-hydrogen) atoms. The van der Waals surface area contributed by atoms with Crippen molar-refractivity contribution < 1.29 is 0 Å². The predicted molar refractivity (Wildman–Crippen MR) is 123 cm³/mol. The third-order valence-electron chi connectivity index (χ3n) is 5.75. The van der Waals surface area contributed by atoms with Crippen LogP contribution < -0.4 is 4.90 Å². The minimum atomic E-state index is 0.852. The van der Waals surface area contributed by atoms with E-state index in [1.165, 1.54) is 24.9 Å². The van der Waals surface area contributed by atoms with Crippen LogP contribution in [0.1, 0.15) is 36.2 Å². The fourth-order valence-electron chi connectivity index (χ4n) is 4.03. The van der Waals surface area contributed by atoms with Crippen LogP contribution in [0.2, 0.25) is 0 Å². The SMILES string of the molecule is Cc1c(C=Cc2cnc3ccc(N4CCCCC4)cc3n2)cnn1-c1ccccc1. The first-order valence-electron chi connectivity index (χ1n) is 10.6. The van der Waals surface area contributed by atoms with Gasteiger partial charge in [0.1, 0.15) is 0 Å². The molecule has 2 aromatic carbocycles. The first-order valence-corrected chi connectivity index (χ1v) is 10.6. The van der Waals surface area contributed by atoms with Crippen molar-refractivity contribution in [1.82, 2.24) is 19.7 Å². The van der Waals surface area contributed by atoms with Gasteiger partial charge in [0.15, 0.2) is 0 Å². The second-order valence-corrected chi connectivity index (χ2v) is 7.78. The first-order chi connectivity index (χ1) is 14.8. The molecule has 0 amide bonds. The van der Waals surface area contributed by atoms with Gasteiger partial charge in [0, 0.05) is 30.0 Å². The summed E-state index contributed by atoms with van der Waals surface area (Å²) in [5, 5.41) is 4.54. The van der Waals surface area contributed by atoms with Crippen LogP contribution in [-0.2, 0) is 0 Å². The van der Waals surface area contributed by atoms with E-state index in [9.17, 15) is 0 Å². The summed E-state index contributed by atoms with van der Waals surface area (Å²) in [6, 6.07) is 16.6. The van der Waals surface area contributed by atoms with E-state index in [2.05, 4.69) is 58.3 Å². The Hall–Kier alpha value is -3.47. The lowest BCUT2D eigenvalue weighted by Gasteiger charge is -2.28. The topological polar surface area (TPSA) is 46.8 Å². The maximum Gasteiger partial charge on any atom is 0.0914 e. The van der Waals surface area contributed by atoms with Gasteiger partial charge in [-0.3, -0.25) is 4.98 Å². The molecule has 0 unspecified atom stereocenters. The number of rotatable bonds is 4. The Morgan fingerprint density at radius 1 is 0.833 bits per heavy atom. The van der Waals surface area contributed by atoms with Crippen molar-refractivity contribution in [2.75, 3.05) is 18.0 Å². The molecule has 4 aromatic rings. The molecule has 0 N–H and O–H groups in total. The maximum atomic E-state index is 4.84. The van der Waals surface area contributed by atoms with Gasteiger partial charge in [-0.25, -0.2) is 9.67 Å². The van der Waals surface area contributed by atoms with E-state index in [-0.39, 0.29) is 0 Å². The minimum absolute atomic E-state index is 0.852. The number of hydrogen-bond donors (Lipinski definition) is 0. The highest BCUT2D eigenvalue weighted by atomic mass is 15.3. The molecule has 1 aliphatic heterocycles. The van der Waals surface area contributed by atoms with Crippen LogP contribution in [0, 0.1) is 6.92 Å². The fourth-order valence-corrected chi connectivity index (χ4v) is 4.03. The Morgan fingerprint density at radius 3 is 2.50 bits per heavy atom. The van der Waals surface area contributed by atoms with Crippen LogP contribution in [0.5, 0.6) is 0 Å².